The van der Waals surface area contributed by atoms with Crippen molar-refractivity contribution in [2.75, 3.05) is 11.9 Å². The molecule has 108 valence electrons. The van der Waals surface area contributed by atoms with Gasteiger partial charge >= 0.3 is 0 Å². The van der Waals surface area contributed by atoms with Crippen molar-refractivity contribution >= 4 is 44.7 Å². The molecule has 6 heteroatoms. The topological polar surface area (TPSA) is 37.8 Å². The van der Waals surface area contributed by atoms with E-state index in [0.717, 1.165) is 56.0 Å². The van der Waals surface area contributed by atoms with Crippen LogP contribution < -0.4 is 5.32 Å². The summed E-state index contributed by atoms with van der Waals surface area (Å²) in [6, 6.07) is 1.97. The summed E-state index contributed by atoms with van der Waals surface area (Å²) in [5.74, 6) is 1.66. The Kier molecular flexibility index (Phi) is 5.41. The first-order valence-corrected chi connectivity index (χ1v) is 8.62. The molecule has 20 heavy (non-hydrogen) atoms. The van der Waals surface area contributed by atoms with Crippen LogP contribution in [0.3, 0.4) is 0 Å². The number of nitrogens with zero attached hydrogens (tertiary/aromatic N) is 2. The van der Waals surface area contributed by atoms with Gasteiger partial charge in [-0.15, -0.1) is 11.3 Å². The van der Waals surface area contributed by atoms with Gasteiger partial charge < -0.3 is 5.32 Å². The predicted octanol–water partition coefficient (Wildman–Crippen LogP) is 5.31. The van der Waals surface area contributed by atoms with Crippen molar-refractivity contribution in [2.24, 2.45) is 0 Å². The lowest BCUT2D eigenvalue weighted by Gasteiger charge is -2.12. The van der Waals surface area contributed by atoms with E-state index in [4.69, 9.17) is 11.6 Å². The zero-order valence-electron chi connectivity index (χ0n) is 11.8. The molecule has 3 nitrogen and oxygen atoms in total. The number of aryl methyl sites for hydroxylation is 1. The average Bonchev–Trinajstić information content (AvgIpc) is 2.77. The highest BCUT2D eigenvalue weighted by molar-refractivity contribution is 9.10. The van der Waals surface area contributed by atoms with E-state index in [2.05, 4.69) is 52.0 Å². The summed E-state index contributed by atoms with van der Waals surface area (Å²) in [5.41, 5.74) is 2.21. The number of anilines is 1. The highest BCUT2D eigenvalue weighted by Gasteiger charge is 2.14. The molecule has 0 aliphatic carbocycles. The van der Waals surface area contributed by atoms with Gasteiger partial charge in [0.15, 0.2) is 5.82 Å². The van der Waals surface area contributed by atoms with Crippen LogP contribution in [0.2, 0.25) is 4.34 Å². The van der Waals surface area contributed by atoms with Gasteiger partial charge in [-0.25, -0.2) is 9.97 Å². The van der Waals surface area contributed by atoms with Crippen molar-refractivity contribution in [3.8, 4) is 10.7 Å². The van der Waals surface area contributed by atoms with Gasteiger partial charge in [-0.3, -0.25) is 0 Å². The van der Waals surface area contributed by atoms with Crippen LogP contribution in [0.1, 0.15) is 31.5 Å². The quantitative estimate of drug-likeness (QED) is 0.770. The van der Waals surface area contributed by atoms with E-state index >= 15 is 0 Å². The van der Waals surface area contributed by atoms with Crippen LogP contribution in [0, 0.1) is 6.92 Å². The molecule has 2 rings (SSSR count). The third-order valence-electron chi connectivity index (χ3n) is 2.99. The molecule has 0 fully saturated rings. The first-order chi connectivity index (χ1) is 9.56. The van der Waals surface area contributed by atoms with Gasteiger partial charge in [-0.1, -0.05) is 25.4 Å². The minimum absolute atomic E-state index is 0.727. The molecular formula is C14H17BrClN3S. The van der Waals surface area contributed by atoms with Gasteiger partial charge in [0.25, 0.3) is 0 Å². The van der Waals surface area contributed by atoms with E-state index in [0.29, 0.717) is 0 Å². The molecule has 0 saturated carbocycles. The van der Waals surface area contributed by atoms with E-state index in [9.17, 15) is 0 Å². The van der Waals surface area contributed by atoms with Crippen LogP contribution in [0.5, 0.6) is 0 Å². The molecule has 0 spiro atoms. The second kappa shape index (κ2) is 6.87. The maximum atomic E-state index is 6.11. The van der Waals surface area contributed by atoms with Gasteiger partial charge in [-0.05, 0) is 41.8 Å². The first kappa shape index (κ1) is 15.7. The number of nitrogens with one attached hydrogen (secondary N) is 1. The molecule has 0 unspecified atom stereocenters. The van der Waals surface area contributed by atoms with Crippen LogP contribution in [-0.2, 0) is 6.42 Å². The van der Waals surface area contributed by atoms with Crippen molar-refractivity contribution < 1.29 is 0 Å². The number of rotatable bonds is 5. The Hall–Kier alpha value is -0.650. The minimum atomic E-state index is 0.727. The van der Waals surface area contributed by atoms with Gasteiger partial charge in [0.1, 0.15) is 10.2 Å². The smallest absolute Gasteiger partial charge is 0.171 e. The largest absolute Gasteiger partial charge is 0.370 e. The Morgan fingerprint density at radius 2 is 2.10 bits per heavy atom. The van der Waals surface area contributed by atoms with Crippen molar-refractivity contribution in [1.82, 2.24) is 9.97 Å². The van der Waals surface area contributed by atoms with E-state index in [1.807, 2.05) is 6.07 Å². The minimum Gasteiger partial charge on any atom is -0.370 e. The van der Waals surface area contributed by atoms with E-state index in [-0.39, 0.29) is 0 Å². The summed E-state index contributed by atoms with van der Waals surface area (Å²) in [7, 11) is 0. The molecular weight excluding hydrogens is 358 g/mol. The molecule has 0 atom stereocenters. The lowest BCUT2D eigenvalue weighted by Crippen LogP contribution is -2.08. The summed E-state index contributed by atoms with van der Waals surface area (Å²) in [6.07, 6.45) is 1.96. The monoisotopic (exact) mass is 373 g/mol. The Morgan fingerprint density at radius 1 is 1.35 bits per heavy atom. The Balaban J connectivity index is 2.47. The summed E-state index contributed by atoms with van der Waals surface area (Å²) in [5, 5.41) is 3.38. The maximum Gasteiger partial charge on any atom is 0.171 e. The molecule has 0 radical (unpaired) electrons. The van der Waals surface area contributed by atoms with E-state index in [1.54, 1.807) is 0 Å². The molecule has 0 saturated heterocycles. The maximum absolute atomic E-state index is 6.11. The lowest BCUT2D eigenvalue weighted by atomic mass is 10.2. The highest BCUT2D eigenvalue weighted by Crippen LogP contribution is 2.37. The number of aromatic nitrogens is 2. The summed E-state index contributed by atoms with van der Waals surface area (Å²) >= 11 is 11.0. The molecule has 2 aromatic rings. The molecule has 0 bridgehead atoms. The van der Waals surface area contributed by atoms with Gasteiger partial charge in [0.05, 0.1) is 4.88 Å². The van der Waals surface area contributed by atoms with Crippen molar-refractivity contribution in [3.05, 3.63) is 26.1 Å². The summed E-state index contributed by atoms with van der Waals surface area (Å²) < 4.78 is 1.62. The Labute approximate surface area is 136 Å². The zero-order chi connectivity index (χ0) is 14.7. The van der Waals surface area contributed by atoms with Crippen LogP contribution in [0.15, 0.2) is 10.5 Å². The number of hydrogen-bond acceptors (Lipinski definition) is 4. The summed E-state index contributed by atoms with van der Waals surface area (Å²) in [4.78, 5) is 10.3. The van der Waals surface area contributed by atoms with Gasteiger partial charge in [0, 0.05) is 22.3 Å². The number of halogens is 2. The van der Waals surface area contributed by atoms with Crippen LogP contribution >= 0.6 is 38.9 Å². The third kappa shape index (κ3) is 3.32. The SMILES string of the molecule is CCCNc1nc(-c2cc(Br)c(Cl)s2)nc(CC)c1C. The fraction of sp³-hybridized carbons (Fsp3) is 0.429. The average molecular weight is 375 g/mol. The van der Waals surface area contributed by atoms with Crippen molar-refractivity contribution in [1.29, 1.82) is 0 Å². The van der Waals surface area contributed by atoms with E-state index in [1.165, 1.54) is 11.3 Å². The zero-order valence-corrected chi connectivity index (χ0v) is 14.9. The molecule has 2 aromatic heterocycles. The third-order valence-corrected chi connectivity index (χ3v) is 5.46. The van der Waals surface area contributed by atoms with Crippen LogP contribution in [0.4, 0.5) is 5.82 Å². The molecule has 0 amide bonds. The summed E-state index contributed by atoms with van der Waals surface area (Å²) in [6.45, 7) is 7.23. The second-order valence-electron chi connectivity index (χ2n) is 4.48. The Morgan fingerprint density at radius 3 is 2.65 bits per heavy atom. The van der Waals surface area contributed by atoms with Gasteiger partial charge in [0.2, 0.25) is 0 Å². The fourth-order valence-electron chi connectivity index (χ4n) is 1.89. The van der Waals surface area contributed by atoms with Crippen LogP contribution in [0.25, 0.3) is 10.7 Å². The predicted molar refractivity (Wildman–Crippen MR) is 91.0 cm³/mol. The fourth-order valence-corrected chi connectivity index (χ4v) is 3.53. The number of thiophene rings is 1. The molecule has 1 N–H and O–H groups in total. The molecule has 0 aliphatic rings. The van der Waals surface area contributed by atoms with E-state index < -0.39 is 0 Å². The van der Waals surface area contributed by atoms with Crippen LogP contribution in [-0.4, -0.2) is 16.5 Å². The second-order valence-corrected chi connectivity index (χ2v) is 6.99. The molecule has 2 heterocycles. The first-order valence-electron chi connectivity index (χ1n) is 6.63. The van der Waals surface area contributed by atoms with Crippen molar-refractivity contribution in [2.45, 2.75) is 33.6 Å². The number of hydrogen-bond donors (Lipinski definition) is 1. The Bertz CT molecular complexity index is 593. The van der Waals surface area contributed by atoms with Gasteiger partial charge in [-0.2, -0.15) is 0 Å². The molecule has 0 aromatic carbocycles. The van der Waals surface area contributed by atoms with Crippen molar-refractivity contribution in [3.63, 3.8) is 0 Å². The standard InChI is InChI=1S/C14H17BrClN3S/c1-4-6-17-13-8(3)10(5-2)18-14(19-13)11-7-9(15)12(16)20-11/h7H,4-6H2,1-3H3,(H,17,18,19). The normalized spacial score (nSPS) is 10.8. The molecule has 0 aliphatic heterocycles. The lowest BCUT2D eigenvalue weighted by molar-refractivity contribution is 0.937. The highest BCUT2D eigenvalue weighted by atomic mass is 79.9.